The Hall–Kier alpha value is -1.86. The zero-order chi connectivity index (χ0) is 14.1. The Balaban J connectivity index is 2.99. The average Bonchev–Trinajstić information content (AvgIpc) is 2.47. The first-order valence-corrected chi connectivity index (χ1v) is 5.90. The normalized spacial score (nSPS) is 11.6. The van der Waals surface area contributed by atoms with Crippen LogP contribution in [0.3, 0.4) is 0 Å². The van der Waals surface area contributed by atoms with Crippen LogP contribution in [-0.4, -0.2) is 56.5 Å². The second kappa shape index (κ2) is 8.28. The van der Waals surface area contributed by atoms with E-state index >= 15 is 0 Å². The molecule has 0 aliphatic carbocycles. The predicted octanol–water partition coefficient (Wildman–Crippen LogP) is 0.275. The lowest BCUT2D eigenvalue weighted by molar-refractivity contribution is 0.190. The molecule has 0 atom stereocenters. The van der Waals surface area contributed by atoms with E-state index in [1.807, 2.05) is 11.0 Å². The van der Waals surface area contributed by atoms with Crippen molar-refractivity contribution in [2.75, 3.05) is 45.4 Å². The predicted molar refractivity (Wildman–Crippen MR) is 72.7 cm³/mol. The van der Waals surface area contributed by atoms with Gasteiger partial charge in [-0.05, 0) is 12.1 Å². The fourth-order valence-electron chi connectivity index (χ4n) is 1.65. The summed E-state index contributed by atoms with van der Waals surface area (Å²) < 4.78 is 10.2. The van der Waals surface area contributed by atoms with Crippen LogP contribution >= 0.6 is 0 Å². The average molecular weight is 268 g/mol. The Morgan fingerprint density at radius 1 is 1.37 bits per heavy atom. The summed E-state index contributed by atoms with van der Waals surface area (Å²) in [6.45, 7) is 2.46. The van der Waals surface area contributed by atoms with Crippen molar-refractivity contribution in [3.8, 4) is 0 Å². The first-order chi connectivity index (χ1) is 9.24. The number of methoxy groups -OCH3 is 2. The summed E-state index contributed by atoms with van der Waals surface area (Å²) in [5.41, 5.74) is 6.86. The molecule has 19 heavy (non-hydrogen) atoms. The Labute approximate surface area is 112 Å². The fraction of sp³-hybridized carbons (Fsp3) is 0.500. The number of nitrogens with two attached hydrogens (primary N) is 1. The molecule has 0 saturated heterocycles. The summed E-state index contributed by atoms with van der Waals surface area (Å²) in [7, 11) is 3.28. The van der Waals surface area contributed by atoms with Gasteiger partial charge >= 0.3 is 0 Å². The van der Waals surface area contributed by atoms with Crippen molar-refractivity contribution in [2.24, 2.45) is 10.9 Å². The number of oxime groups is 1. The highest BCUT2D eigenvalue weighted by molar-refractivity contribution is 6.00. The molecule has 1 rings (SSSR count). The molecule has 3 N–H and O–H groups in total. The van der Waals surface area contributed by atoms with Gasteiger partial charge in [0, 0.05) is 33.5 Å². The first kappa shape index (κ1) is 15.2. The van der Waals surface area contributed by atoms with Crippen molar-refractivity contribution in [3.05, 3.63) is 24.0 Å². The maximum absolute atomic E-state index is 8.80. The zero-order valence-electron chi connectivity index (χ0n) is 11.2. The van der Waals surface area contributed by atoms with Crippen molar-refractivity contribution in [1.82, 2.24) is 4.98 Å². The quantitative estimate of drug-likeness (QED) is 0.304. The van der Waals surface area contributed by atoms with E-state index in [0.29, 0.717) is 32.0 Å². The van der Waals surface area contributed by atoms with Crippen LogP contribution in [0.5, 0.6) is 0 Å². The molecule has 0 radical (unpaired) electrons. The maximum Gasteiger partial charge on any atom is 0.190 e. The number of rotatable bonds is 8. The smallest absolute Gasteiger partial charge is 0.190 e. The monoisotopic (exact) mass is 268 g/mol. The number of hydrogen-bond donors (Lipinski definition) is 2. The highest BCUT2D eigenvalue weighted by Crippen LogP contribution is 2.17. The van der Waals surface area contributed by atoms with E-state index < -0.39 is 0 Å². The molecular weight excluding hydrogens is 248 g/mol. The van der Waals surface area contributed by atoms with Crippen LogP contribution in [0.4, 0.5) is 5.69 Å². The van der Waals surface area contributed by atoms with Crippen LogP contribution in [0.2, 0.25) is 0 Å². The van der Waals surface area contributed by atoms with Gasteiger partial charge in [0.05, 0.1) is 18.9 Å². The number of hydrogen-bond acceptors (Lipinski definition) is 6. The highest BCUT2D eigenvalue weighted by atomic mass is 16.5. The van der Waals surface area contributed by atoms with Crippen LogP contribution in [0.25, 0.3) is 0 Å². The zero-order valence-corrected chi connectivity index (χ0v) is 11.2. The van der Waals surface area contributed by atoms with Crippen molar-refractivity contribution in [1.29, 1.82) is 0 Å². The SMILES string of the molecule is COCCN(CCOC)c1cccnc1/C(N)=N/O. The van der Waals surface area contributed by atoms with E-state index in [4.69, 9.17) is 20.4 Å². The van der Waals surface area contributed by atoms with Crippen LogP contribution in [-0.2, 0) is 9.47 Å². The molecule has 0 aliphatic rings. The van der Waals surface area contributed by atoms with Gasteiger partial charge in [-0.25, -0.2) is 0 Å². The van der Waals surface area contributed by atoms with Gasteiger partial charge in [0.15, 0.2) is 5.84 Å². The molecule has 106 valence electrons. The number of ether oxygens (including phenoxy) is 2. The van der Waals surface area contributed by atoms with E-state index in [-0.39, 0.29) is 5.84 Å². The van der Waals surface area contributed by atoms with Crippen LogP contribution in [0, 0.1) is 0 Å². The van der Waals surface area contributed by atoms with Gasteiger partial charge in [-0.15, -0.1) is 0 Å². The Morgan fingerprint density at radius 3 is 2.53 bits per heavy atom. The standard InChI is InChI=1S/C12H20N4O3/c1-18-8-6-16(7-9-19-2)10-4-3-5-14-11(10)12(13)15-17/h3-5,17H,6-9H2,1-2H3,(H2,13,15). The Kier molecular flexibility index (Phi) is 6.62. The fourth-order valence-corrected chi connectivity index (χ4v) is 1.65. The number of amidine groups is 1. The van der Waals surface area contributed by atoms with E-state index in [1.54, 1.807) is 26.5 Å². The van der Waals surface area contributed by atoms with Crippen molar-refractivity contribution in [2.45, 2.75) is 0 Å². The lowest BCUT2D eigenvalue weighted by atomic mass is 10.2. The maximum atomic E-state index is 8.80. The molecule has 0 fully saturated rings. The van der Waals surface area contributed by atoms with E-state index in [9.17, 15) is 0 Å². The number of pyridine rings is 1. The minimum atomic E-state index is -0.0181. The summed E-state index contributed by atoms with van der Waals surface area (Å²) in [5.74, 6) is -0.0181. The molecule has 1 aromatic rings. The minimum Gasteiger partial charge on any atom is -0.409 e. The molecule has 1 heterocycles. The Morgan fingerprint density at radius 2 is 2.00 bits per heavy atom. The molecule has 0 aliphatic heterocycles. The molecule has 0 bridgehead atoms. The van der Waals surface area contributed by atoms with Gasteiger partial charge in [-0.1, -0.05) is 5.16 Å². The van der Waals surface area contributed by atoms with Gasteiger partial charge in [0.2, 0.25) is 0 Å². The van der Waals surface area contributed by atoms with Crippen LogP contribution in [0.1, 0.15) is 5.69 Å². The lowest BCUT2D eigenvalue weighted by Crippen LogP contribution is -2.33. The van der Waals surface area contributed by atoms with Crippen molar-refractivity contribution in [3.63, 3.8) is 0 Å². The van der Waals surface area contributed by atoms with Gasteiger partial charge < -0.3 is 25.3 Å². The number of aromatic nitrogens is 1. The lowest BCUT2D eigenvalue weighted by Gasteiger charge is -2.25. The van der Waals surface area contributed by atoms with Gasteiger partial charge in [-0.2, -0.15) is 0 Å². The third-order valence-corrected chi connectivity index (χ3v) is 2.61. The molecule has 0 amide bonds. The largest absolute Gasteiger partial charge is 0.409 e. The Bertz CT molecular complexity index is 404. The second-order valence-electron chi connectivity index (χ2n) is 3.83. The molecule has 7 heteroatoms. The summed E-state index contributed by atoms with van der Waals surface area (Å²) in [5, 5.41) is 11.8. The third kappa shape index (κ3) is 4.38. The number of anilines is 1. The molecule has 7 nitrogen and oxygen atoms in total. The number of nitrogens with zero attached hydrogens (tertiary/aromatic N) is 3. The summed E-state index contributed by atoms with van der Waals surface area (Å²) in [4.78, 5) is 6.17. The van der Waals surface area contributed by atoms with Gasteiger partial charge in [0.25, 0.3) is 0 Å². The van der Waals surface area contributed by atoms with Gasteiger partial charge in [-0.3, -0.25) is 4.98 Å². The molecule has 0 aromatic carbocycles. The van der Waals surface area contributed by atoms with E-state index in [0.717, 1.165) is 5.69 Å². The topological polar surface area (TPSA) is 93.2 Å². The summed E-state index contributed by atoms with van der Waals surface area (Å²) in [6.07, 6.45) is 1.60. The molecular formula is C12H20N4O3. The third-order valence-electron chi connectivity index (χ3n) is 2.61. The minimum absolute atomic E-state index is 0.0181. The molecule has 1 aromatic heterocycles. The van der Waals surface area contributed by atoms with Crippen LogP contribution in [0.15, 0.2) is 23.5 Å². The highest BCUT2D eigenvalue weighted by Gasteiger charge is 2.14. The van der Waals surface area contributed by atoms with E-state index in [2.05, 4.69) is 10.1 Å². The van der Waals surface area contributed by atoms with E-state index in [1.165, 1.54) is 0 Å². The summed E-state index contributed by atoms with van der Waals surface area (Å²) in [6, 6.07) is 3.67. The van der Waals surface area contributed by atoms with Gasteiger partial charge in [0.1, 0.15) is 5.69 Å². The van der Waals surface area contributed by atoms with Crippen LogP contribution < -0.4 is 10.6 Å². The van der Waals surface area contributed by atoms with Crippen molar-refractivity contribution >= 4 is 11.5 Å². The van der Waals surface area contributed by atoms with Crippen molar-refractivity contribution < 1.29 is 14.7 Å². The second-order valence-corrected chi connectivity index (χ2v) is 3.83. The molecule has 0 spiro atoms. The first-order valence-electron chi connectivity index (χ1n) is 5.90. The summed E-state index contributed by atoms with van der Waals surface area (Å²) >= 11 is 0. The molecule has 0 unspecified atom stereocenters. The molecule has 0 saturated carbocycles.